The van der Waals surface area contributed by atoms with E-state index in [0.29, 0.717) is 18.6 Å². The Kier molecular flexibility index (Phi) is 2.65. The number of likely N-dealkylation sites (N-methyl/N-ethyl adjacent to an activating group) is 1. The number of aliphatic hydroxyl groups is 1. The second-order valence-corrected chi connectivity index (χ2v) is 9.61. The molecular formula is C21H26NO4+. The van der Waals surface area contributed by atoms with Crippen molar-refractivity contribution in [1.82, 2.24) is 0 Å². The van der Waals surface area contributed by atoms with Crippen molar-refractivity contribution in [3.05, 3.63) is 23.3 Å². The number of rotatable bonds is 2. The van der Waals surface area contributed by atoms with Crippen molar-refractivity contribution in [2.45, 2.75) is 61.7 Å². The Morgan fingerprint density at radius 2 is 2.12 bits per heavy atom. The van der Waals surface area contributed by atoms with E-state index in [-0.39, 0.29) is 17.6 Å². The van der Waals surface area contributed by atoms with Gasteiger partial charge in [0, 0.05) is 30.7 Å². The highest BCUT2D eigenvalue weighted by molar-refractivity contribution is 5.90. The third-order valence-electron chi connectivity index (χ3n) is 8.28. The van der Waals surface area contributed by atoms with Crippen molar-refractivity contribution in [1.29, 1.82) is 0 Å². The van der Waals surface area contributed by atoms with Crippen molar-refractivity contribution >= 4 is 5.78 Å². The Labute approximate surface area is 153 Å². The fourth-order valence-corrected chi connectivity index (χ4v) is 6.94. The Hall–Kier alpha value is -1.59. The molecule has 1 saturated heterocycles. The zero-order chi connectivity index (χ0) is 17.9. The molecule has 6 rings (SSSR count). The van der Waals surface area contributed by atoms with Crippen LogP contribution in [0.4, 0.5) is 0 Å². The van der Waals surface area contributed by atoms with Gasteiger partial charge in [-0.15, -0.1) is 0 Å². The predicted molar refractivity (Wildman–Crippen MR) is 94.1 cm³/mol. The number of aromatic hydroxyl groups is 1. The Morgan fingerprint density at radius 3 is 2.88 bits per heavy atom. The minimum Gasteiger partial charge on any atom is -0.504 e. The second kappa shape index (κ2) is 4.45. The number of ether oxygens (including phenoxy) is 1. The topological polar surface area (TPSA) is 66.8 Å². The molecule has 2 N–H and O–H groups in total. The summed E-state index contributed by atoms with van der Waals surface area (Å²) in [5, 5.41) is 22.5. The van der Waals surface area contributed by atoms with Gasteiger partial charge in [0.2, 0.25) is 0 Å². The van der Waals surface area contributed by atoms with E-state index in [0.717, 1.165) is 47.5 Å². The van der Waals surface area contributed by atoms with E-state index in [1.165, 1.54) is 12.8 Å². The van der Waals surface area contributed by atoms with Crippen molar-refractivity contribution in [3.8, 4) is 11.5 Å². The molecule has 3 aliphatic carbocycles. The van der Waals surface area contributed by atoms with Crippen LogP contribution in [0.3, 0.4) is 0 Å². The zero-order valence-corrected chi connectivity index (χ0v) is 15.2. The minimum absolute atomic E-state index is 0.0789. The number of hydrogen-bond donors (Lipinski definition) is 2. The van der Waals surface area contributed by atoms with Crippen molar-refractivity contribution in [2.75, 3.05) is 20.1 Å². The summed E-state index contributed by atoms with van der Waals surface area (Å²) in [4.78, 5) is 12.8. The molecule has 2 aliphatic heterocycles. The third-order valence-corrected chi connectivity index (χ3v) is 8.28. The highest BCUT2D eigenvalue weighted by atomic mass is 16.5. The average molecular weight is 356 g/mol. The standard InChI is InChI=1S/C21H25NO4/c1-22(11-12-2-3-12)9-8-20-17-13-4-5-14(23)18(17)26-19(20)15(24)6-7-21(20,25)16(22)10-13/h4-5,12,16,19,25H,2-3,6-11H2,1H3/p+1/t16-,19+,20+,21-,22-/m1/s1. The molecular weight excluding hydrogens is 330 g/mol. The molecule has 3 fully saturated rings. The number of carbonyl (C=O) groups is 1. The van der Waals surface area contributed by atoms with Crippen LogP contribution in [0, 0.1) is 5.92 Å². The fourth-order valence-electron chi connectivity index (χ4n) is 6.94. The normalized spacial score (nSPS) is 45.2. The molecule has 2 heterocycles. The smallest absolute Gasteiger partial charge is 0.174 e. The highest BCUT2D eigenvalue weighted by Gasteiger charge is 2.76. The van der Waals surface area contributed by atoms with Crippen LogP contribution in [0.25, 0.3) is 0 Å². The average Bonchev–Trinajstić information content (AvgIpc) is 3.32. The van der Waals surface area contributed by atoms with Crippen LogP contribution < -0.4 is 4.74 Å². The number of Topliss-reactive ketones (excluding diaryl/α,β-unsaturated/α-hetero) is 1. The number of hydrogen-bond acceptors (Lipinski definition) is 4. The maximum absolute atomic E-state index is 12.8. The SMILES string of the molecule is C[N@+]1(CC2CC2)CC[C@]23c4c5ccc(O)c4O[C@H]2C(=O)CC[C@@]3(O)[C@H]1C5. The molecule has 0 unspecified atom stereocenters. The molecule has 5 heteroatoms. The summed E-state index contributed by atoms with van der Waals surface area (Å²) in [5.74, 6) is 1.42. The zero-order valence-electron chi connectivity index (χ0n) is 15.2. The summed E-state index contributed by atoms with van der Waals surface area (Å²) in [6.45, 7) is 2.09. The largest absolute Gasteiger partial charge is 0.504 e. The number of carbonyl (C=O) groups excluding carboxylic acids is 1. The lowest BCUT2D eigenvalue weighted by molar-refractivity contribution is -0.950. The molecule has 2 saturated carbocycles. The van der Waals surface area contributed by atoms with Crippen LogP contribution >= 0.6 is 0 Å². The second-order valence-electron chi connectivity index (χ2n) is 9.61. The number of piperidine rings is 1. The summed E-state index contributed by atoms with van der Waals surface area (Å²) < 4.78 is 6.98. The summed E-state index contributed by atoms with van der Waals surface area (Å²) in [6.07, 6.45) is 4.42. The van der Waals surface area contributed by atoms with Gasteiger partial charge in [0.25, 0.3) is 0 Å². The van der Waals surface area contributed by atoms with Gasteiger partial charge in [0.05, 0.1) is 25.6 Å². The first-order chi connectivity index (χ1) is 12.4. The van der Waals surface area contributed by atoms with Gasteiger partial charge in [-0.25, -0.2) is 0 Å². The number of phenols is 1. The quantitative estimate of drug-likeness (QED) is 0.791. The number of ketones is 1. The van der Waals surface area contributed by atoms with Crippen molar-refractivity contribution in [3.63, 3.8) is 0 Å². The van der Waals surface area contributed by atoms with E-state index in [2.05, 4.69) is 7.05 Å². The number of benzene rings is 1. The lowest BCUT2D eigenvalue weighted by atomic mass is 9.48. The van der Waals surface area contributed by atoms with E-state index >= 15 is 0 Å². The van der Waals surface area contributed by atoms with E-state index in [9.17, 15) is 15.0 Å². The van der Waals surface area contributed by atoms with Crippen LogP contribution in [-0.4, -0.2) is 58.4 Å². The van der Waals surface area contributed by atoms with Crippen molar-refractivity contribution < 1.29 is 24.2 Å². The van der Waals surface area contributed by atoms with Gasteiger partial charge in [0.15, 0.2) is 23.4 Å². The van der Waals surface area contributed by atoms with Gasteiger partial charge in [-0.3, -0.25) is 4.79 Å². The van der Waals surface area contributed by atoms with Crippen LogP contribution in [-0.2, 0) is 16.6 Å². The monoisotopic (exact) mass is 356 g/mol. The van der Waals surface area contributed by atoms with Crippen molar-refractivity contribution in [2.24, 2.45) is 5.92 Å². The maximum Gasteiger partial charge on any atom is 0.174 e. The molecule has 5 atom stereocenters. The molecule has 26 heavy (non-hydrogen) atoms. The summed E-state index contributed by atoms with van der Waals surface area (Å²) >= 11 is 0. The van der Waals surface area contributed by atoms with E-state index in [4.69, 9.17) is 4.74 Å². The molecule has 138 valence electrons. The highest BCUT2D eigenvalue weighted by Crippen LogP contribution is 2.65. The Morgan fingerprint density at radius 1 is 1.31 bits per heavy atom. The molecule has 1 aromatic carbocycles. The first kappa shape index (κ1) is 15.5. The third kappa shape index (κ3) is 1.55. The number of likely N-dealkylation sites (tertiary alicyclic amines) is 1. The summed E-state index contributed by atoms with van der Waals surface area (Å²) in [7, 11) is 2.31. The lowest BCUT2D eigenvalue weighted by Gasteiger charge is -2.64. The number of nitrogens with zero attached hydrogens (tertiary/aromatic N) is 1. The van der Waals surface area contributed by atoms with Crippen LogP contribution in [0.1, 0.15) is 43.2 Å². The Bertz CT molecular complexity index is 849. The van der Waals surface area contributed by atoms with E-state index in [1.807, 2.05) is 6.07 Å². The van der Waals surface area contributed by atoms with Crippen LogP contribution in [0.2, 0.25) is 0 Å². The van der Waals surface area contributed by atoms with Crippen LogP contribution in [0.5, 0.6) is 11.5 Å². The summed E-state index contributed by atoms with van der Waals surface area (Å²) in [6, 6.07) is 3.77. The molecule has 1 aromatic rings. The molecule has 2 bridgehead atoms. The Balaban J connectivity index is 1.60. The first-order valence-corrected chi connectivity index (χ1v) is 10.0. The van der Waals surface area contributed by atoms with Gasteiger partial charge in [0.1, 0.15) is 11.6 Å². The predicted octanol–water partition coefficient (Wildman–Crippen LogP) is 1.67. The van der Waals surface area contributed by atoms with Gasteiger partial charge < -0.3 is 19.4 Å². The number of phenolic OH excluding ortho intramolecular Hbond substituents is 1. The molecule has 0 amide bonds. The molecule has 0 radical (unpaired) electrons. The number of quaternary nitrogens is 1. The van der Waals surface area contributed by atoms with Gasteiger partial charge in [-0.2, -0.15) is 0 Å². The first-order valence-electron chi connectivity index (χ1n) is 10.0. The minimum atomic E-state index is -0.931. The molecule has 1 spiro atoms. The van der Waals surface area contributed by atoms with Gasteiger partial charge in [-0.1, -0.05) is 6.07 Å². The van der Waals surface area contributed by atoms with E-state index in [1.54, 1.807) is 6.07 Å². The van der Waals surface area contributed by atoms with Gasteiger partial charge in [-0.05, 0) is 30.9 Å². The van der Waals surface area contributed by atoms with Crippen LogP contribution in [0.15, 0.2) is 12.1 Å². The molecule has 5 nitrogen and oxygen atoms in total. The molecule has 0 aromatic heterocycles. The fraction of sp³-hybridized carbons (Fsp3) is 0.667. The van der Waals surface area contributed by atoms with Gasteiger partial charge >= 0.3 is 0 Å². The van der Waals surface area contributed by atoms with E-state index < -0.39 is 17.1 Å². The lowest BCUT2D eigenvalue weighted by Crippen LogP contribution is -2.80. The molecule has 5 aliphatic rings. The summed E-state index contributed by atoms with van der Waals surface area (Å²) in [5.41, 5.74) is 0.492. The maximum atomic E-state index is 12.8.